The topological polar surface area (TPSA) is 131 Å². The molecule has 0 aliphatic heterocycles. The number of rotatable bonds is 8. The minimum absolute atomic E-state index is 0.0216. The first-order valence-corrected chi connectivity index (χ1v) is 10.5. The number of fused-ring (bicyclic) bond motifs is 1. The van der Waals surface area contributed by atoms with Gasteiger partial charge in [0.05, 0.1) is 23.8 Å². The predicted octanol–water partition coefficient (Wildman–Crippen LogP) is 4.20. The van der Waals surface area contributed by atoms with Gasteiger partial charge in [0.25, 0.3) is 5.89 Å². The van der Waals surface area contributed by atoms with E-state index in [4.69, 9.17) is 19.2 Å². The number of hydrogen-bond acceptors (Lipinski definition) is 8. The van der Waals surface area contributed by atoms with Crippen LogP contribution in [-0.2, 0) is 16.1 Å². The number of ether oxygens (including phenoxy) is 1. The molecule has 1 aliphatic carbocycles. The van der Waals surface area contributed by atoms with E-state index in [0.717, 1.165) is 28.8 Å². The smallest absolute Gasteiger partial charge is 0.306 e. The molecule has 168 valence electrons. The van der Waals surface area contributed by atoms with Gasteiger partial charge in [0.1, 0.15) is 18.4 Å². The fourth-order valence-electron chi connectivity index (χ4n) is 3.62. The first kappa shape index (κ1) is 22.0. The molecule has 0 radical (unpaired) electrons. The maximum Gasteiger partial charge on any atom is 0.306 e. The third-order valence-corrected chi connectivity index (χ3v) is 5.06. The van der Waals surface area contributed by atoms with E-state index in [1.54, 1.807) is 18.2 Å². The molecule has 0 saturated heterocycles. The van der Waals surface area contributed by atoms with E-state index < -0.39 is 5.97 Å². The molecule has 1 heterocycles. The summed E-state index contributed by atoms with van der Waals surface area (Å²) in [4.78, 5) is 20.3. The number of aliphatic carboxylic acids is 1. The zero-order valence-corrected chi connectivity index (χ0v) is 18.2. The van der Waals surface area contributed by atoms with Crippen molar-refractivity contribution >= 4 is 11.7 Å². The summed E-state index contributed by atoms with van der Waals surface area (Å²) in [6.45, 7) is 3.82. The van der Waals surface area contributed by atoms with E-state index in [2.05, 4.69) is 21.4 Å². The molecule has 0 amide bonds. The first-order valence-electron chi connectivity index (χ1n) is 10.5. The van der Waals surface area contributed by atoms with Gasteiger partial charge < -0.3 is 19.2 Å². The number of carboxylic acid groups (broad SMARTS) is 1. The molecule has 9 heteroatoms. The van der Waals surface area contributed by atoms with Crippen molar-refractivity contribution < 1.29 is 24.0 Å². The molecule has 0 atom stereocenters. The van der Waals surface area contributed by atoms with Gasteiger partial charge in [-0.1, -0.05) is 28.5 Å². The Kier molecular flexibility index (Phi) is 6.36. The van der Waals surface area contributed by atoms with Crippen LogP contribution in [0.1, 0.15) is 43.4 Å². The highest BCUT2D eigenvalue weighted by atomic mass is 16.6. The van der Waals surface area contributed by atoms with Crippen molar-refractivity contribution in [3.05, 3.63) is 53.1 Å². The molecule has 0 bridgehead atoms. The molecule has 1 aromatic heterocycles. The minimum atomic E-state index is -0.929. The molecule has 0 spiro atoms. The molecule has 2 aromatic carbocycles. The monoisotopic (exact) mass is 446 g/mol. The second kappa shape index (κ2) is 9.53. The largest absolute Gasteiger partial charge is 0.490 e. The quantitative estimate of drug-likeness (QED) is 0.402. The van der Waals surface area contributed by atoms with E-state index in [0.29, 0.717) is 35.0 Å². The van der Waals surface area contributed by atoms with Gasteiger partial charge >= 0.3 is 5.97 Å². The summed E-state index contributed by atoms with van der Waals surface area (Å²) in [6, 6.07) is 13.1. The average molecular weight is 446 g/mol. The van der Waals surface area contributed by atoms with E-state index in [1.165, 1.54) is 0 Å². The number of hydrogen-bond donors (Lipinski definition) is 1. The van der Waals surface area contributed by atoms with E-state index in [-0.39, 0.29) is 19.1 Å². The van der Waals surface area contributed by atoms with Crippen LogP contribution >= 0.6 is 0 Å². The highest BCUT2D eigenvalue weighted by Gasteiger charge is 2.24. The number of oxime groups is 1. The summed E-state index contributed by atoms with van der Waals surface area (Å²) in [5, 5.41) is 26.5. The van der Waals surface area contributed by atoms with Gasteiger partial charge in [-0.3, -0.25) is 4.79 Å². The molecule has 9 nitrogen and oxygen atoms in total. The Morgan fingerprint density at radius 3 is 2.85 bits per heavy atom. The van der Waals surface area contributed by atoms with Crippen molar-refractivity contribution in [2.75, 3.05) is 6.61 Å². The van der Waals surface area contributed by atoms with Crippen molar-refractivity contribution in [3.8, 4) is 34.7 Å². The van der Waals surface area contributed by atoms with E-state index >= 15 is 0 Å². The molecule has 3 aromatic rings. The Morgan fingerprint density at radius 1 is 1.27 bits per heavy atom. The fraction of sp³-hybridized carbons (Fsp3) is 0.292. The second-order valence-electron chi connectivity index (χ2n) is 7.76. The Morgan fingerprint density at radius 2 is 2.09 bits per heavy atom. The normalized spacial score (nSPS) is 13.7. The lowest BCUT2D eigenvalue weighted by molar-refractivity contribution is -0.138. The van der Waals surface area contributed by atoms with Crippen LogP contribution in [0.25, 0.3) is 22.8 Å². The molecular weight excluding hydrogens is 424 g/mol. The highest BCUT2D eigenvalue weighted by Crippen LogP contribution is 2.33. The van der Waals surface area contributed by atoms with Crippen molar-refractivity contribution in [3.63, 3.8) is 0 Å². The van der Waals surface area contributed by atoms with Crippen LogP contribution in [0.2, 0.25) is 0 Å². The maximum atomic E-state index is 10.6. The van der Waals surface area contributed by atoms with Crippen molar-refractivity contribution in [2.24, 2.45) is 5.16 Å². The zero-order valence-electron chi connectivity index (χ0n) is 18.2. The van der Waals surface area contributed by atoms with Crippen molar-refractivity contribution in [2.45, 2.75) is 39.2 Å². The van der Waals surface area contributed by atoms with E-state index in [1.807, 2.05) is 32.0 Å². The van der Waals surface area contributed by atoms with Crippen LogP contribution in [0.4, 0.5) is 0 Å². The Labute approximate surface area is 190 Å². The van der Waals surface area contributed by atoms with Crippen molar-refractivity contribution in [1.29, 1.82) is 5.26 Å². The molecule has 4 rings (SSSR count). The average Bonchev–Trinajstić information content (AvgIpc) is 3.44. The highest BCUT2D eigenvalue weighted by molar-refractivity contribution is 6.05. The number of benzene rings is 2. The summed E-state index contributed by atoms with van der Waals surface area (Å²) in [5.41, 5.74) is 4.58. The lowest BCUT2D eigenvalue weighted by Gasteiger charge is -2.11. The predicted molar refractivity (Wildman–Crippen MR) is 119 cm³/mol. The number of aromatic nitrogens is 2. The number of nitriles is 1. The Hall–Kier alpha value is -4.19. The van der Waals surface area contributed by atoms with Gasteiger partial charge in [0.15, 0.2) is 0 Å². The third-order valence-electron chi connectivity index (χ3n) is 5.06. The number of carbonyl (C=O) groups is 1. The third kappa shape index (κ3) is 4.85. The molecule has 1 N–H and O–H groups in total. The lowest BCUT2D eigenvalue weighted by atomic mass is 10.0. The van der Waals surface area contributed by atoms with Gasteiger partial charge in [0, 0.05) is 16.7 Å². The molecule has 33 heavy (non-hydrogen) atoms. The van der Waals surface area contributed by atoms with Gasteiger partial charge in [-0.25, -0.2) is 0 Å². The van der Waals surface area contributed by atoms with Crippen LogP contribution in [0.3, 0.4) is 0 Å². The van der Waals surface area contributed by atoms with E-state index in [9.17, 15) is 10.1 Å². The van der Waals surface area contributed by atoms with Gasteiger partial charge in [-0.2, -0.15) is 10.2 Å². The van der Waals surface area contributed by atoms with Crippen LogP contribution in [0, 0.1) is 11.3 Å². The second-order valence-corrected chi connectivity index (χ2v) is 7.76. The number of carboxylic acids is 1. The van der Waals surface area contributed by atoms with Crippen LogP contribution in [0.5, 0.6) is 5.75 Å². The Balaban J connectivity index is 1.59. The molecule has 0 fully saturated rings. The van der Waals surface area contributed by atoms with Crippen molar-refractivity contribution in [1.82, 2.24) is 10.1 Å². The zero-order chi connectivity index (χ0) is 23.4. The van der Waals surface area contributed by atoms with Crippen LogP contribution in [-0.4, -0.2) is 39.6 Å². The lowest BCUT2D eigenvalue weighted by Crippen LogP contribution is -2.06. The minimum Gasteiger partial charge on any atom is -0.490 e. The molecule has 1 aliphatic rings. The molecule has 0 unspecified atom stereocenters. The summed E-state index contributed by atoms with van der Waals surface area (Å²) >= 11 is 0. The standard InChI is InChI=1S/C24H22N4O5/c1-14(2)32-21-9-6-15(12-16(21)13-25)24-26-23(28-33-24)19-5-3-4-18-17(19)7-8-20(18)27-31-11-10-22(29)30/h3-6,9,12,14H,7-8,10-11H2,1-2H3,(H,29,30). The first-order chi connectivity index (χ1) is 16.0. The summed E-state index contributed by atoms with van der Waals surface area (Å²) in [7, 11) is 0. The maximum absolute atomic E-state index is 10.6. The summed E-state index contributed by atoms with van der Waals surface area (Å²) in [6.07, 6.45) is 1.26. The van der Waals surface area contributed by atoms with Gasteiger partial charge in [-0.05, 0) is 50.5 Å². The van der Waals surface area contributed by atoms with Gasteiger partial charge in [-0.15, -0.1) is 0 Å². The fourth-order valence-corrected chi connectivity index (χ4v) is 3.62. The molecular formula is C24H22N4O5. The SMILES string of the molecule is CC(C)Oc1ccc(-c2nc(-c3cccc4c3CCC4=NOCCC(=O)O)no2)cc1C#N. The molecule has 0 saturated carbocycles. The van der Waals surface area contributed by atoms with Crippen LogP contribution in [0.15, 0.2) is 46.1 Å². The Bertz CT molecular complexity index is 1260. The van der Waals surface area contributed by atoms with Gasteiger partial charge in [0.2, 0.25) is 5.82 Å². The number of nitrogens with zero attached hydrogens (tertiary/aromatic N) is 4. The summed E-state index contributed by atoms with van der Waals surface area (Å²) < 4.78 is 11.2. The summed E-state index contributed by atoms with van der Waals surface area (Å²) in [5.74, 6) is 0.324. The van der Waals surface area contributed by atoms with Crippen LogP contribution < -0.4 is 4.74 Å².